The number of aryl methyl sites for hydroxylation is 2. The topological polar surface area (TPSA) is 41.6 Å². The summed E-state index contributed by atoms with van der Waals surface area (Å²) in [4.78, 5) is 0. The zero-order valence-corrected chi connectivity index (χ0v) is 11.9. The van der Waals surface area contributed by atoms with Crippen LogP contribution in [0.15, 0.2) is 24.3 Å². The molecule has 0 saturated carbocycles. The summed E-state index contributed by atoms with van der Waals surface area (Å²) in [6.45, 7) is 8.47. The van der Waals surface area contributed by atoms with Crippen molar-refractivity contribution in [2.45, 2.75) is 40.0 Å². The molecule has 0 aliphatic carbocycles. The molecule has 0 atom stereocenters. The van der Waals surface area contributed by atoms with Crippen molar-refractivity contribution in [2.75, 3.05) is 0 Å². The molecule has 0 N–H and O–H groups in total. The van der Waals surface area contributed by atoms with Gasteiger partial charge in [0.05, 0.1) is 23.9 Å². The summed E-state index contributed by atoms with van der Waals surface area (Å²) >= 11 is 0. The molecule has 0 spiro atoms. The number of nitriles is 1. The lowest BCUT2D eigenvalue weighted by atomic mass is 10.1. The number of rotatable bonds is 3. The Balaban J connectivity index is 2.56. The highest BCUT2D eigenvalue weighted by atomic mass is 15.3. The van der Waals surface area contributed by atoms with Gasteiger partial charge in [0.2, 0.25) is 0 Å². The maximum atomic E-state index is 8.82. The van der Waals surface area contributed by atoms with E-state index in [1.807, 2.05) is 10.7 Å². The second-order valence-corrected chi connectivity index (χ2v) is 5.31. The lowest BCUT2D eigenvalue weighted by molar-refractivity contribution is 0.729. The van der Waals surface area contributed by atoms with Gasteiger partial charge in [0.15, 0.2) is 0 Å². The van der Waals surface area contributed by atoms with E-state index in [2.05, 4.69) is 57.1 Å². The van der Waals surface area contributed by atoms with Gasteiger partial charge in [0, 0.05) is 5.69 Å². The zero-order chi connectivity index (χ0) is 14.0. The SMILES string of the molecule is Cc1cc(C)cc(-n2nc(CC#N)cc2C(C)C)c1. The average Bonchev–Trinajstić information content (AvgIpc) is 2.72. The molecular weight excluding hydrogens is 234 g/mol. The lowest BCUT2D eigenvalue weighted by Gasteiger charge is -2.11. The molecule has 3 heteroatoms. The van der Waals surface area contributed by atoms with Gasteiger partial charge in [-0.25, -0.2) is 4.68 Å². The highest BCUT2D eigenvalue weighted by Crippen LogP contribution is 2.22. The Kier molecular flexibility index (Phi) is 3.71. The number of nitrogens with zero attached hydrogens (tertiary/aromatic N) is 3. The summed E-state index contributed by atoms with van der Waals surface area (Å²) in [6, 6.07) is 10.6. The third-order valence-corrected chi connectivity index (χ3v) is 3.09. The molecule has 0 radical (unpaired) electrons. The molecule has 0 aliphatic heterocycles. The first kappa shape index (κ1) is 13.4. The predicted molar refractivity (Wildman–Crippen MR) is 76.4 cm³/mol. The van der Waals surface area contributed by atoms with Crippen molar-refractivity contribution in [3.63, 3.8) is 0 Å². The van der Waals surface area contributed by atoms with E-state index in [1.165, 1.54) is 11.1 Å². The fraction of sp³-hybridized carbons (Fsp3) is 0.375. The van der Waals surface area contributed by atoms with Crippen molar-refractivity contribution in [3.8, 4) is 11.8 Å². The summed E-state index contributed by atoms with van der Waals surface area (Å²) in [5, 5.41) is 13.4. The molecule has 19 heavy (non-hydrogen) atoms. The standard InChI is InChI=1S/C16H19N3/c1-11(2)16-10-14(5-6-17)18-19(16)15-8-12(3)7-13(4)9-15/h7-11H,5H2,1-4H3. The van der Waals surface area contributed by atoms with E-state index in [9.17, 15) is 0 Å². The molecule has 1 heterocycles. The van der Waals surface area contributed by atoms with Crippen LogP contribution in [-0.2, 0) is 6.42 Å². The molecule has 0 aliphatic rings. The molecule has 1 aromatic heterocycles. The van der Waals surface area contributed by atoms with Crippen LogP contribution < -0.4 is 0 Å². The van der Waals surface area contributed by atoms with Crippen LogP contribution in [-0.4, -0.2) is 9.78 Å². The summed E-state index contributed by atoms with van der Waals surface area (Å²) in [6.07, 6.45) is 0.359. The minimum Gasteiger partial charge on any atom is -0.237 e. The summed E-state index contributed by atoms with van der Waals surface area (Å²) in [7, 11) is 0. The predicted octanol–water partition coefficient (Wildman–Crippen LogP) is 3.68. The Morgan fingerprint density at radius 1 is 1.16 bits per heavy atom. The van der Waals surface area contributed by atoms with Crippen LogP contribution in [0.3, 0.4) is 0 Å². The van der Waals surface area contributed by atoms with Crippen LogP contribution in [0.4, 0.5) is 0 Å². The van der Waals surface area contributed by atoms with Crippen LogP contribution in [0.25, 0.3) is 5.69 Å². The Morgan fingerprint density at radius 3 is 2.32 bits per heavy atom. The van der Waals surface area contributed by atoms with Gasteiger partial charge >= 0.3 is 0 Å². The molecule has 2 rings (SSSR count). The van der Waals surface area contributed by atoms with E-state index in [0.29, 0.717) is 12.3 Å². The second-order valence-electron chi connectivity index (χ2n) is 5.31. The lowest BCUT2D eigenvalue weighted by Crippen LogP contribution is -2.04. The molecule has 98 valence electrons. The Bertz CT molecular complexity index is 610. The van der Waals surface area contributed by atoms with E-state index < -0.39 is 0 Å². The third kappa shape index (κ3) is 2.85. The highest BCUT2D eigenvalue weighted by molar-refractivity contribution is 5.41. The number of aromatic nitrogens is 2. The van der Waals surface area contributed by atoms with E-state index in [0.717, 1.165) is 17.1 Å². The van der Waals surface area contributed by atoms with Gasteiger partial charge in [-0.15, -0.1) is 0 Å². The maximum absolute atomic E-state index is 8.82. The highest BCUT2D eigenvalue weighted by Gasteiger charge is 2.13. The molecule has 2 aromatic rings. The molecule has 3 nitrogen and oxygen atoms in total. The molecule has 0 saturated heterocycles. The minimum atomic E-state index is 0.359. The minimum absolute atomic E-state index is 0.359. The van der Waals surface area contributed by atoms with Crippen LogP contribution in [0.5, 0.6) is 0 Å². The molecule has 0 bridgehead atoms. The van der Waals surface area contributed by atoms with Crippen LogP contribution in [0.2, 0.25) is 0 Å². The second kappa shape index (κ2) is 5.27. The van der Waals surface area contributed by atoms with Crippen molar-refractivity contribution in [3.05, 3.63) is 46.8 Å². The largest absolute Gasteiger partial charge is 0.237 e. The van der Waals surface area contributed by atoms with Gasteiger partial charge in [-0.05, 0) is 49.1 Å². The Hall–Kier alpha value is -2.08. The first-order chi connectivity index (χ1) is 9.01. The van der Waals surface area contributed by atoms with Gasteiger partial charge < -0.3 is 0 Å². The van der Waals surface area contributed by atoms with Crippen LogP contribution >= 0.6 is 0 Å². The third-order valence-electron chi connectivity index (χ3n) is 3.09. The van der Waals surface area contributed by atoms with Gasteiger partial charge in [0.1, 0.15) is 0 Å². The zero-order valence-electron chi connectivity index (χ0n) is 11.9. The van der Waals surface area contributed by atoms with Crippen LogP contribution in [0, 0.1) is 25.2 Å². The smallest absolute Gasteiger partial charge is 0.0793 e. The summed E-state index contributed by atoms with van der Waals surface area (Å²) < 4.78 is 1.97. The van der Waals surface area contributed by atoms with Gasteiger partial charge in [0.25, 0.3) is 0 Å². The van der Waals surface area contributed by atoms with E-state index in [1.54, 1.807) is 0 Å². The van der Waals surface area contributed by atoms with Gasteiger partial charge in [-0.2, -0.15) is 10.4 Å². The number of hydrogen-bond donors (Lipinski definition) is 0. The fourth-order valence-corrected chi connectivity index (χ4v) is 2.31. The summed E-state index contributed by atoms with van der Waals surface area (Å²) in [5.74, 6) is 0.376. The maximum Gasteiger partial charge on any atom is 0.0793 e. The number of hydrogen-bond acceptors (Lipinski definition) is 2. The van der Waals surface area contributed by atoms with Crippen molar-refractivity contribution in [1.82, 2.24) is 9.78 Å². The monoisotopic (exact) mass is 253 g/mol. The van der Waals surface area contributed by atoms with Crippen molar-refractivity contribution in [2.24, 2.45) is 0 Å². The Morgan fingerprint density at radius 2 is 1.79 bits per heavy atom. The fourth-order valence-electron chi connectivity index (χ4n) is 2.31. The molecule has 0 unspecified atom stereocenters. The quantitative estimate of drug-likeness (QED) is 0.837. The number of benzene rings is 1. The van der Waals surface area contributed by atoms with E-state index >= 15 is 0 Å². The first-order valence-electron chi connectivity index (χ1n) is 6.55. The Labute approximate surface area is 114 Å². The van der Waals surface area contributed by atoms with Crippen molar-refractivity contribution < 1.29 is 0 Å². The van der Waals surface area contributed by atoms with Crippen molar-refractivity contribution in [1.29, 1.82) is 5.26 Å². The average molecular weight is 253 g/mol. The van der Waals surface area contributed by atoms with Crippen LogP contribution in [0.1, 0.15) is 42.3 Å². The normalized spacial score (nSPS) is 10.7. The van der Waals surface area contributed by atoms with Gasteiger partial charge in [-0.1, -0.05) is 19.9 Å². The van der Waals surface area contributed by atoms with Crippen molar-refractivity contribution >= 4 is 0 Å². The molecule has 0 fully saturated rings. The van der Waals surface area contributed by atoms with Gasteiger partial charge in [-0.3, -0.25) is 0 Å². The molecule has 1 aromatic carbocycles. The molecule has 0 amide bonds. The van der Waals surface area contributed by atoms with E-state index in [4.69, 9.17) is 5.26 Å². The summed E-state index contributed by atoms with van der Waals surface area (Å²) in [5.41, 5.74) is 5.51. The molecular formula is C16H19N3. The van der Waals surface area contributed by atoms with E-state index in [-0.39, 0.29) is 0 Å². The first-order valence-corrected chi connectivity index (χ1v) is 6.55.